The minimum atomic E-state index is -1.69. The van der Waals surface area contributed by atoms with E-state index in [1.807, 2.05) is 91.0 Å². The first-order valence-corrected chi connectivity index (χ1v) is 12.9. The molecule has 1 aliphatic heterocycles. The van der Waals surface area contributed by atoms with Crippen molar-refractivity contribution >= 4 is 17.9 Å². The molecule has 1 aliphatic rings. The van der Waals surface area contributed by atoms with Crippen molar-refractivity contribution in [3.8, 4) is 0 Å². The van der Waals surface area contributed by atoms with Gasteiger partial charge in [0, 0.05) is 20.8 Å². The lowest BCUT2D eigenvalue weighted by Crippen LogP contribution is -2.62. The third kappa shape index (κ3) is 6.39. The number of rotatable bonds is 9. The molecule has 2 unspecified atom stereocenters. The summed E-state index contributed by atoms with van der Waals surface area (Å²) in [6.45, 7) is 3.28. The van der Waals surface area contributed by atoms with Crippen LogP contribution >= 0.6 is 0 Å². The smallest absolute Gasteiger partial charge is 0.303 e. The zero-order valence-corrected chi connectivity index (χ0v) is 22.5. The number of hydrogen-bond donors (Lipinski definition) is 1. The molecule has 4 rings (SSSR count). The van der Waals surface area contributed by atoms with Crippen LogP contribution in [0.1, 0.15) is 37.5 Å². The van der Waals surface area contributed by atoms with Crippen molar-refractivity contribution in [1.82, 2.24) is 0 Å². The SMILES string of the molecule is CC(=O)OC1[C@@H](O)OC(COC(c2ccccc2)(c2ccccc2)c2ccccc2)[C@@H](OC(C)=O)[C@H]1OC(C)=O. The Kier molecular flexibility index (Phi) is 9.31. The quantitative estimate of drug-likeness (QED) is 0.244. The molecule has 0 aromatic heterocycles. The molecule has 0 saturated carbocycles. The van der Waals surface area contributed by atoms with Crippen LogP contribution in [0.2, 0.25) is 0 Å². The van der Waals surface area contributed by atoms with Crippen molar-refractivity contribution in [2.75, 3.05) is 6.61 Å². The summed E-state index contributed by atoms with van der Waals surface area (Å²) >= 11 is 0. The number of aliphatic hydroxyl groups is 1. The molecule has 0 radical (unpaired) electrons. The molecule has 40 heavy (non-hydrogen) atoms. The fraction of sp³-hybridized carbons (Fsp3) is 0.323. The fourth-order valence-corrected chi connectivity index (χ4v) is 4.98. The summed E-state index contributed by atoms with van der Waals surface area (Å²) in [6, 6.07) is 28.8. The van der Waals surface area contributed by atoms with Gasteiger partial charge in [0.15, 0.2) is 24.6 Å². The molecule has 1 N–H and O–H groups in total. The highest BCUT2D eigenvalue weighted by molar-refractivity contribution is 5.68. The maximum atomic E-state index is 12.1. The van der Waals surface area contributed by atoms with Gasteiger partial charge in [0.1, 0.15) is 11.7 Å². The Morgan fingerprint density at radius 2 is 1.02 bits per heavy atom. The van der Waals surface area contributed by atoms with Crippen LogP contribution in [0.4, 0.5) is 0 Å². The van der Waals surface area contributed by atoms with E-state index in [0.29, 0.717) is 0 Å². The molecular formula is C31H32O9. The molecule has 0 amide bonds. The summed E-state index contributed by atoms with van der Waals surface area (Å²) in [5.74, 6) is -2.15. The predicted molar refractivity (Wildman–Crippen MR) is 143 cm³/mol. The zero-order valence-electron chi connectivity index (χ0n) is 22.5. The highest BCUT2D eigenvalue weighted by Gasteiger charge is 2.52. The van der Waals surface area contributed by atoms with Gasteiger partial charge in [-0.1, -0.05) is 91.0 Å². The second-order valence-corrected chi connectivity index (χ2v) is 9.38. The highest BCUT2D eigenvalue weighted by atomic mass is 16.7. The van der Waals surface area contributed by atoms with E-state index in [9.17, 15) is 19.5 Å². The summed E-state index contributed by atoms with van der Waals surface area (Å²) in [5.41, 5.74) is 1.33. The summed E-state index contributed by atoms with van der Waals surface area (Å²) in [5, 5.41) is 10.8. The molecule has 210 valence electrons. The van der Waals surface area contributed by atoms with Gasteiger partial charge in [-0.05, 0) is 16.7 Å². The van der Waals surface area contributed by atoms with Crippen LogP contribution in [-0.4, -0.2) is 60.3 Å². The Hall–Kier alpha value is -4.05. The topological polar surface area (TPSA) is 118 Å². The zero-order chi connectivity index (χ0) is 28.7. The lowest BCUT2D eigenvalue weighted by atomic mass is 9.80. The van der Waals surface area contributed by atoms with Crippen molar-refractivity contribution < 1.29 is 43.2 Å². The van der Waals surface area contributed by atoms with Crippen molar-refractivity contribution in [1.29, 1.82) is 0 Å². The summed E-state index contributed by atoms with van der Waals surface area (Å²) in [4.78, 5) is 35.9. The maximum Gasteiger partial charge on any atom is 0.303 e. The average Bonchev–Trinajstić information content (AvgIpc) is 2.94. The Morgan fingerprint density at radius 1 is 0.650 bits per heavy atom. The van der Waals surface area contributed by atoms with Gasteiger partial charge in [-0.15, -0.1) is 0 Å². The van der Waals surface area contributed by atoms with E-state index in [0.717, 1.165) is 30.5 Å². The van der Waals surface area contributed by atoms with Crippen LogP contribution in [0.25, 0.3) is 0 Å². The van der Waals surface area contributed by atoms with Crippen LogP contribution in [0.5, 0.6) is 0 Å². The van der Waals surface area contributed by atoms with E-state index in [2.05, 4.69) is 0 Å². The first-order valence-electron chi connectivity index (χ1n) is 12.9. The van der Waals surface area contributed by atoms with Gasteiger partial charge in [0.05, 0.1) is 6.61 Å². The maximum absolute atomic E-state index is 12.1. The van der Waals surface area contributed by atoms with E-state index in [-0.39, 0.29) is 6.61 Å². The molecule has 1 fully saturated rings. The monoisotopic (exact) mass is 548 g/mol. The number of ether oxygens (including phenoxy) is 5. The molecule has 9 heteroatoms. The summed E-state index contributed by atoms with van der Waals surface area (Å²) < 4.78 is 28.8. The molecule has 5 atom stereocenters. The second-order valence-electron chi connectivity index (χ2n) is 9.38. The molecule has 9 nitrogen and oxygen atoms in total. The van der Waals surface area contributed by atoms with Gasteiger partial charge in [-0.2, -0.15) is 0 Å². The minimum Gasteiger partial charge on any atom is -0.456 e. The number of carbonyl (C=O) groups is 3. The van der Waals surface area contributed by atoms with Gasteiger partial charge in [0.25, 0.3) is 0 Å². The number of carbonyl (C=O) groups excluding carboxylic acids is 3. The largest absolute Gasteiger partial charge is 0.456 e. The van der Waals surface area contributed by atoms with Crippen LogP contribution in [-0.2, 0) is 43.7 Å². The Morgan fingerprint density at radius 3 is 1.43 bits per heavy atom. The first kappa shape index (κ1) is 28.9. The van der Waals surface area contributed by atoms with E-state index < -0.39 is 54.2 Å². The van der Waals surface area contributed by atoms with Crippen LogP contribution in [0.15, 0.2) is 91.0 Å². The van der Waals surface area contributed by atoms with Crippen LogP contribution in [0, 0.1) is 0 Å². The van der Waals surface area contributed by atoms with Crippen molar-refractivity contribution in [2.24, 2.45) is 0 Å². The molecule has 0 spiro atoms. The normalized spacial score (nSPS) is 22.6. The lowest BCUT2D eigenvalue weighted by Gasteiger charge is -2.44. The number of benzene rings is 3. The minimum absolute atomic E-state index is 0.210. The third-order valence-electron chi connectivity index (χ3n) is 6.52. The van der Waals surface area contributed by atoms with Gasteiger partial charge in [-0.3, -0.25) is 14.4 Å². The van der Waals surface area contributed by atoms with Gasteiger partial charge < -0.3 is 28.8 Å². The molecule has 0 bridgehead atoms. The molecule has 0 aliphatic carbocycles. The number of aliphatic hydroxyl groups excluding tert-OH is 1. The van der Waals surface area contributed by atoms with Gasteiger partial charge in [-0.25, -0.2) is 0 Å². The highest BCUT2D eigenvalue weighted by Crippen LogP contribution is 2.41. The molecule has 3 aromatic carbocycles. The van der Waals surface area contributed by atoms with E-state index in [4.69, 9.17) is 23.7 Å². The first-order chi connectivity index (χ1) is 19.2. The third-order valence-corrected chi connectivity index (χ3v) is 6.52. The summed E-state index contributed by atoms with van der Waals surface area (Å²) in [6.07, 6.45) is -6.82. The standard InChI is InChI=1S/C31H32O9/c1-20(32)37-27-26(40-30(35)29(39-22(3)34)28(27)38-21(2)33)19-36-31(23-13-7-4-8-14-23,24-15-9-5-10-16-24)25-17-11-6-12-18-25/h4-18,26-30,35H,19H2,1-3H3/t26?,27-,28-,29?,30+/m1/s1. The Labute approximate surface area is 232 Å². The van der Waals surface area contributed by atoms with Crippen molar-refractivity contribution in [2.45, 2.75) is 57.1 Å². The van der Waals surface area contributed by atoms with Gasteiger partial charge in [0.2, 0.25) is 0 Å². The molecule has 1 saturated heterocycles. The lowest BCUT2D eigenvalue weighted by molar-refractivity contribution is -0.299. The van der Waals surface area contributed by atoms with Crippen LogP contribution < -0.4 is 0 Å². The Balaban J connectivity index is 1.79. The number of hydrogen-bond acceptors (Lipinski definition) is 9. The van der Waals surface area contributed by atoms with Gasteiger partial charge >= 0.3 is 17.9 Å². The van der Waals surface area contributed by atoms with Crippen molar-refractivity contribution in [3.05, 3.63) is 108 Å². The van der Waals surface area contributed by atoms with E-state index >= 15 is 0 Å². The van der Waals surface area contributed by atoms with E-state index in [1.165, 1.54) is 6.92 Å². The van der Waals surface area contributed by atoms with Crippen molar-refractivity contribution in [3.63, 3.8) is 0 Å². The average molecular weight is 549 g/mol. The molecular weight excluding hydrogens is 516 g/mol. The number of esters is 3. The molecule has 3 aromatic rings. The second kappa shape index (κ2) is 12.9. The summed E-state index contributed by atoms with van der Waals surface area (Å²) in [7, 11) is 0. The predicted octanol–water partition coefficient (Wildman–Crippen LogP) is 3.51. The van der Waals surface area contributed by atoms with E-state index in [1.54, 1.807) is 0 Å². The van der Waals surface area contributed by atoms with Crippen LogP contribution in [0.3, 0.4) is 0 Å². The fourth-order valence-electron chi connectivity index (χ4n) is 4.98. The molecule has 1 heterocycles. The Bertz CT molecular complexity index is 1180.